The summed E-state index contributed by atoms with van der Waals surface area (Å²) in [6, 6.07) is 3.41. The topological polar surface area (TPSA) is 105 Å². The molecule has 3 aromatic heterocycles. The molecular weight excluding hydrogens is 553 g/mol. The van der Waals surface area contributed by atoms with Crippen molar-refractivity contribution in [2.75, 3.05) is 32.9 Å². The van der Waals surface area contributed by atoms with Gasteiger partial charge in [-0.15, -0.1) is 5.10 Å². The van der Waals surface area contributed by atoms with Crippen LogP contribution in [0.25, 0.3) is 34.2 Å². The van der Waals surface area contributed by atoms with E-state index in [2.05, 4.69) is 10.00 Å². The summed E-state index contributed by atoms with van der Waals surface area (Å²) in [5.74, 6) is 0.698. The number of hydrogen-bond acceptors (Lipinski definition) is 8. The first kappa shape index (κ1) is 28.1. The van der Waals surface area contributed by atoms with Gasteiger partial charge in [-0.2, -0.15) is 10.2 Å². The van der Waals surface area contributed by atoms with Crippen LogP contribution in [0.15, 0.2) is 18.3 Å². The van der Waals surface area contributed by atoms with Crippen molar-refractivity contribution < 1.29 is 23.7 Å². The first-order valence-corrected chi connectivity index (χ1v) is 15.3. The first-order valence-electron chi connectivity index (χ1n) is 15.3. The quantitative estimate of drug-likeness (QED) is 0.365. The van der Waals surface area contributed by atoms with E-state index in [0.717, 1.165) is 55.3 Å². The van der Waals surface area contributed by atoms with Crippen molar-refractivity contribution in [3.8, 4) is 22.9 Å². The zero-order chi connectivity index (χ0) is 29.5. The summed E-state index contributed by atoms with van der Waals surface area (Å²) < 4.78 is 40.0. The molecule has 1 N–H and O–H groups in total. The van der Waals surface area contributed by atoms with Gasteiger partial charge in [-0.25, -0.2) is 13.8 Å². The lowest BCUT2D eigenvalue weighted by molar-refractivity contribution is -0.0367. The number of ether oxygens (including phenoxy) is 3. The smallest absolute Gasteiger partial charge is 0.240 e. The normalized spacial score (nSPS) is 22.1. The predicted molar refractivity (Wildman–Crippen MR) is 159 cm³/mol. The maximum atomic E-state index is 16.0. The van der Waals surface area contributed by atoms with Gasteiger partial charge >= 0.3 is 0 Å². The minimum atomic E-state index is -0.362. The Labute approximate surface area is 249 Å². The van der Waals surface area contributed by atoms with Crippen LogP contribution >= 0.6 is 0 Å². The summed E-state index contributed by atoms with van der Waals surface area (Å²) in [5.41, 5.74) is 4.20. The van der Waals surface area contributed by atoms with Gasteiger partial charge in [0.2, 0.25) is 11.8 Å². The fraction of sp³-hybridized carbons (Fsp3) is 0.516. The first-order chi connectivity index (χ1) is 21.0. The molecule has 0 saturated carbocycles. The number of halogens is 1. The van der Waals surface area contributed by atoms with Crippen LogP contribution in [0.5, 0.6) is 11.8 Å². The van der Waals surface area contributed by atoms with E-state index in [1.807, 2.05) is 41.6 Å². The van der Waals surface area contributed by atoms with Crippen molar-refractivity contribution in [2.45, 2.75) is 64.4 Å². The number of nitrogens with zero attached hydrogens (tertiary/aromatic N) is 7. The molecule has 4 bridgehead atoms. The van der Waals surface area contributed by atoms with Crippen molar-refractivity contribution in [1.29, 1.82) is 0 Å². The third kappa shape index (κ3) is 5.21. The molecule has 3 aliphatic rings. The second-order valence-electron chi connectivity index (χ2n) is 11.5. The highest BCUT2D eigenvalue weighted by molar-refractivity contribution is 5.94. The van der Waals surface area contributed by atoms with Gasteiger partial charge in [-0.3, -0.25) is 9.58 Å². The van der Waals surface area contributed by atoms with Crippen LogP contribution in [0.4, 0.5) is 4.39 Å². The Morgan fingerprint density at radius 1 is 1.12 bits per heavy atom. The molecule has 0 spiro atoms. The molecule has 12 heteroatoms. The number of hydrogen-bond donors (Lipinski definition) is 1. The van der Waals surface area contributed by atoms with Crippen molar-refractivity contribution in [3.05, 3.63) is 41.1 Å². The van der Waals surface area contributed by atoms with E-state index < -0.39 is 0 Å². The largest absolute Gasteiger partial charge is 0.476 e. The van der Waals surface area contributed by atoms with Gasteiger partial charge in [0.1, 0.15) is 11.9 Å². The van der Waals surface area contributed by atoms with E-state index >= 15 is 4.39 Å². The highest BCUT2D eigenvalue weighted by atomic mass is 19.1. The Balaban J connectivity index is 1.45. The fourth-order valence-corrected chi connectivity index (χ4v) is 6.53. The van der Waals surface area contributed by atoms with E-state index in [1.54, 1.807) is 16.9 Å². The highest BCUT2D eigenvalue weighted by Crippen LogP contribution is 2.38. The van der Waals surface area contributed by atoms with Crippen LogP contribution in [-0.4, -0.2) is 78.4 Å². The Hall–Kier alpha value is -3.74. The number of aromatic nitrogens is 6. The van der Waals surface area contributed by atoms with E-state index in [9.17, 15) is 5.11 Å². The zero-order valence-electron chi connectivity index (χ0n) is 24.7. The fourth-order valence-electron chi connectivity index (χ4n) is 6.53. The Morgan fingerprint density at radius 3 is 2.84 bits per heavy atom. The molecular formula is C31H38FN7O4. The third-order valence-electron chi connectivity index (χ3n) is 8.61. The molecule has 2 saturated heterocycles. The molecule has 0 aliphatic carbocycles. The summed E-state index contributed by atoms with van der Waals surface area (Å²) in [5, 5.41) is 24.8. The lowest BCUT2D eigenvalue weighted by atomic mass is 10.0. The van der Waals surface area contributed by atoms with Gasteiger partial charge in [0.05, 0.1) is 54.0 Å². The maximum Gasteiger partial charge on any atom is 0.240 e. The van der Waals surface area contributed by atoms with Crippen LogP contribution < -0.4 is 9.47 Å². The number of rotatable bonds is 5. The molecule has 0 amide bonds. The summed E-state index contributed by atoms with van der Waals surface area (Å²) in [6.07, 6.45) is 9.94. The molecule has 3 aliphatic heterocycles. The molecule has 0 radical (unpaired) electrons. The number of fused-ring (bicyclic) bond motifs is 6. The van der Waals surface area contributed by atoms with E-state index in [-0.39, 0.29) is 24.8 Å². The van der Waals surface area contributed by atoms with Crippen LogP contribution in [0.2, 0.25) is 0 Å². The maximum absolute atomic E-state index is 16.0. The van der Waals surface area contributed by atoms with Gasteiger partial charge in [0, 0.05) is 43.8 Å². The number of aliphatic hydroxyl groups is 1. The summed E-state index contributed by atoms with van der Waals surface area (Å²) in [4.78, 5) is 2.34. The van der Waals surface area contributed by atoms with E-state index in [1.165, 1.54) is 0 Å². The second kappa shape index (κ2) is 11.7. The van der Waals surface area contributed by atoms with Crippen LogP contribution in [0.3, 0.4) is 0 Å². The molecule has 2 unspecified atom stereocenters. The van der Waals surface area contributed by atoms with Crippen molar-refractivity contribution in [3.63, 3.8) is 0 Å². The average Bonchev–Trinajstić information content (AvgIpc) is 3.65. The zero-order valence-corrected chi connectivity index (χ0v) is 24.7. The summed E-state index contributed by atoms with van der Waals surface area (Å²) in [6.45, 7) is 5.56. The Kier molecular flexibility index (Phi) is 7.66. The van der Waals surface area contributed by atoms with Gasteiger partial charge in [0.25, 0.3) is 0 Å². The Bertz CT molecular complexity index is 1650. The van der Waals surface area contributed by atoms with Crippen LogP contribution in [0.1, 0.15) is 62.2 Å². The molecule has 3 atom stereocenters. The molecule has 7 rings (SSSR count). The standard InChI is InChI=1S/C31H38FN7O4/c1-3-41-30-21-9-10-26-23-15-22(25(32)16-27(23)39(34-26)29-8-4-5-14-42-29)24-17-33-36(2)31(24)43-20-7-6-11-37(18-20)19-28(21)38(35-30)12-13-40/h9-10,15-17,20,29,40H,3-8,11-14,18-19H2,1-2H3/t20-,29?/m1/s1. The van der Waals surface area contributed by atoms with Crippen molar-refractivity contribution in [2.24, 2.45) is 7.05 Å². The molecule has 43 heavy (non-hydrogen) atoms. The Morgan fingerprint density at radius 2 is 2.02 bits per heavy atom. The lowest BCUT2D eigenvalue weighted by Gasteiger charge is -2.33. The molecule has 11 nitrogen and oxygen atoms in total. The molecule has 4 aromatic rings. The van der Waals surface area contributed by atoms with Gasteiger partial charge in [-0.05, 0) is 63.8 Å². The minimum Gasteiger partial charge on any atom is -0.476 e. The second-order valence-corrected chi connectivity index (χ2v) is 11.5. The molecule has 228 valence electrons. The predicted octanol–water partition coefficient (Wildman–Crippen LogP) is 4.39. The van der Waals surface area contributed by atoms with Crippen molar-refractivity contribution >= 4 is 23.1 Å². The third-order valence-corrected chi connectivity index (χ3v) is 8.61. The SMILES string of the molecule is CCOc1nn(CCO)c2c1C=Cc1nn(C3CCCCO3)c3cc(F)c(cc13)-c1cnn(C)c1O[C@@H]1CCCN(C2)C1. The van der Waals surface area contributed by atoms with E-state index in [4.69, 9.17) is 24.4 Å². The molecule has 2 fully saturated rings. The summed E-state index contributed by atoms with van der Waals surface area (Å²) in [7, 11) is 1.83. The molecule has 1 aromatic carbocycles. The van der Waals surface area contributed by atoms with Gasteiger partial charge in [0.15, 0.2) is 6.23 Å². The number of piperidine rings is 1. The number of aliphatic hydroxyl groups excluding tert-OH is 1. The monoisotopic (exact) mass is 591 g/mol. The van der Waals surface area contributed by atoms with Crippen LogP contribution in [-0.2, 0) is 24.9 Å². The van der Waals surface area contributed by atoms with E-state index in [0.29, 0.717) is 66.9 Å². The minimum absolute atomic E-state index is 0.0385. The average molecular weight is 592 g/mol. The van der Waals surface area contributed by atoms with Crippen molar-refractivity contribution in [1.82, 2.24) is 34.2 Å². The number of aryl methyl sites for hydroxylation is 1. The van der Waals surface area contributed by atoms with Crippen LogP contribution in [0, 0.1) is 5.82 Å². The van der Waals surface area contributed by atoms with Gasteiger partial charge in [-0.1, -0.05) is 0 Å². The lowest BCUT2D eigenvalue weighted by Crippen LogP contribution is -2.41. The summed E-state index contributed by atoms with van der Waals surface area (Å²) >= 11 is 0. The highest BCUT2D eigenvalue weighted by Gasteiger charge is 2.29. The van der Waals surface area contributed by atoms with Gasteiger partial charge < -0.3 is 19.3 Å². The molecule has 6 heterocycles. The number of benzene rings is 1.